The van der Waals surface area contributed by atoms with Gasteiger partial charge < -0.3 is 11.1 Å². The van der Waals surface area contributed by atoms with E-state index < -0.39 is 0 Å². The zero-order chi connectivity index (χ0) is 14.1. The van der Waals surface area contributed by atoms with Gasteiger partial charge in [0, 0.05) is 12.0 Å². The Morgan fingerprint density at radius 1 is 1.20 bits per heavy atom. The number of hydrogen-bond donors (Lipinski definition) is 2. The van der Waals surface area contributed by atoms with Crippen molar-refractivity contribution in [2.24, 2.45) is 35.3 Å². The molecule has 3 N–H and O–H groups in total. The summed E-state index contributed by atoms with van der Waals surface area (Å²) in [5, 5.41) is 3.34. The number of amides is 1. The molecule has 6 unspecified atom stereocenters. The molecule has 3 fully saturated rings. The lowest BCUT2D eigenvalue weighted by Crippen LogP contribution is -2.44. The third-order valence-electron chi connectivity index (χ3n) is 6.29. The number of hydrogen-bond acceptors (Lipinski definition) is 2. The second kappa shape index (κ2) is 6.05. The molecule has 0 aromatic rings. The fraction of sp³-hybridized carbons (Fsp3) is 0.941. The first-order valence-corrected chi connectivity index (χ1v) is 8.67. The summed E-state index contributed by atoms with van der Waals surface area (Å²) in [6, 6.07) is 0.371. The summed E-state index contributed by atoms with van der Waals surface area (Å²) in [5.41, 5.74) is 5.78. The highest BCUT2D eigenvalue weighted by Crippen LogP contribution is 2.49. The maximum atomic E-state index is 12.5. The molecule has 20 heavy (non-hydrogen) atoms. The number of carbonyl (C=O) groups excluding carboxylic acids is 1. The minimum absolute atomic E-state index is 0.221. The second-order valence-corrected chi connectivity index (χ2v) is 7.60. The van der Waals surface area contributed by atoms with Crippen LogP contribution < -0.4 is 11.1 Å². The average molecular weight is 278 g/mol. The average Bonchev–Trinajstić information content (AvgIpc) is 3.10. The first-order valence-electron chi connectivity index (χ1n) is 8.67. The van der Waals surface area contributed by atoms with Crippen LogP contribution in [0.25, 0.3) is 0 Å². The highest BCUT2D eigenvalue weighted by atomic mass is 16.1. The Morgan fingerprint density at radius 2 is 2.05 bits per heavy atom. The van der Waals surface area contributed by atoms with E-state index in [0.29, 0.717) is 17.9 Å². The van der Waals surface area contributed by atoms with E-state index in [-0.39, 0.29) is 5.92 Å². The molecular weight excluding hydrogens is 248 g/mol. The Kier molecular flexibility index (Phi) is 4.34. The molecule has 0 aromatic heterocycles. The molecule has 0 radical (unpaired) electrons. The SMILES string of the molecule is CC(NC(=O)C1CCCC(CN)C1)C1CC2CCC1C2. The van der Waals surface area contributed by atoms with Gasteiger partial charge in [0.2, 0.25) is 5.91 Å². The number of fused-ring (bicyclic) bond motifs is 2. The molecule has 0 aliphatic heterocycles. The fourth-order valence-electron chi connectivity index (χ4n) is 5.10. The summed E-state index contributed by atoms with van der Waals surface area (Å²) in [6.07, 6.45) is 10.0. The quantitative estimate of drug-likeness (QED) is 0.830. The van der Waals surface area contributed by atoms with Crippen molar-refractivity contribution in [2.75, 3.05) is 6.54 Å². The van der Waals surface area contributed by atoms with E-state index in [1.165, 1.54) is 38.5 Å². The van der Waals surface area contributed by atoms with Crippen molar-refractivity contribution in [3.63, 3.8) is 0 Å². The first kappa shape index (κ1) is 14.4. The van der Waals surface area contributed by atoms with Gasteiger partial charge in [0.25, 0.3) is 0 Å². The minimum Gasteiger partial charge on any atom is -0.353 e. The summed E-state index contributed by atoms with van der Waals surface area (Å²) in [4.78, 5) is 12.5. The van der Waals surface area contributed by atoms with Crippen molar-refractivity contribution >= 4 is 5.91 Å². The second-order valence-electron chi connectivity index (χ2n) is 7.60. The Bertz CT molecular complexity index is 357. The van der Waals surface area contributed by atoms with E-state index in [2.05, 4.69) is 12.2 Å². The van der Waals surface area contributed by atoms with Gasteiger partial charge in [0.05, 0.1) is 0 Å². The molecule has 2 bridgehead atoms. The van der Waals surface area contributed by atoms with E-state index in [1.54, 1.807) is 0 Å². The third-order valence-corrected chi connectivity index (χ3v) is 6.29. The molecule has 3 aliphatic carbocycles. The number of nitrogens with two attached hydrogens (primary N) is 1. The van der Waals surface area contributed by atoms with Crippen molar-refractivity contribution in [3.8, 4) is 0 Å². The van der Waals surface area contributed by atoms with Crippen LogP contribution in [0.3, 0.4) is 0 Å². The zero-order valence-electron chi connectivity index (χ0n) is 12.8. The van der Waals surface area contributed by atoms with Crippen molar-refractivity contribution in [1.82, 2.24) is 5.32 Å². The lowest BCUT2D eigenvalue weighted by Gasteiger charge is -2.32. The van der Waals surface area contributed by atoms with Crippen molar-refractivity contribution < 1.29 is 4.79 Å². The molecule has 114 valence electrons. The Labute approximate surface area is 123 Å². The van der Waals surface area contributed by atoms with Crippen molar-refractivity contribution in [2.45, 2.75) is 64.3 Å². The summed E-state index contributed by atoms with van der Waals surface area (Å²) >= 11 is 0. The molecular formula is C17H30N2O. The van der Waals surface area contributed by atoms with Crippen molar-refractivity contribution in [1.29, 1.82) is 0 Å². The maximum absolute atomic E-state index is 12.5. The molecule has 3 rings (SSSR count). The third kappa shape index (κ3) is 2.88. The van der Waals surface area contributed by atoms with E-state index >= 15 is 0 Å². The Morgan fingerprint density at radius 3 is 2.70 bits per heavy atom. The lowest BCUT2D eigenvalue weighted by atomic mass is 9.80. The van der Waals surface area contributed by atoms with Gasteiger partial charge in [0.1, 0.15) is 0 Å². The van der Waals surface area contributed by atoms with Gasteiger partial charge in [-0.25, -0.2) is 0 Å². The largest absolute Gasteiger partial charge is 0.353 e. The normalized spacial score (nSPS) is 41.6. The van der Waals surface area contributed by atoms with Gasteiger partial charge in [-0.15, -0.1) is 0 Å². The highest BCUT2D eigenvalue weighted by Gasteiger charge is 2.42. The predicted molar refractivity (Wildman–Crippen MR) is 81.0 cm³/mol. The number of rotatable bonds is 4. The number of nitrogens with one attached hydrogen (secondary N) is 1. The van der Waals surface area contributed by atoms with Crippen LogP contribution in [0, 0.1) is 29.6 Å². The smallest absolute Gasteiger partial charge is 0.223 e. The molecule has 0 saturated heterocycles. The van der Waals surface area contributed by atoms with Crippen LogP contribution in [0.4, 0.5) is 0 Å². The standard InChI is InChI=1S/C17H30N2O/c1-11(16-9-12-5-6-14(16)7-12)19-17(20)15-4-2-3-13(8-15)10-18/h11-16H,2-10,18H2,1H3,(H,19,20). The summed E-state index contributed by atoms with van der Waals surface area (Å²) in [7, 11) is 0. The number of carbonyl (C=O) groups is 1. The van der Waals surface area contributed by atoms with Gasteiger partial charge >= 0.3 is 0 Å². The van der Waals surface area contributed by atoms with Crippen LogP contribution in [-0.4, -0.2) is 18.5 Å². The van der Waals surface area contributed by atoms with E-state index in [9.17, 15) is 4.79 Å². The molecule has 3 aliphatic rings. The summed E-state index contributed by atoms with van der Waals surface area (Å²) < 4.78 is 0. The zero-order valence-corrected chi connectivity index (χ0v) is 12.8. The molecule has 0 spiro atoms. The Balaban J connectivity index is 1.50. The topological polar surface area (TPSA) is 55.1 Å². The molecule has 3 saturated carbocycles. The van der Waals surface area contributed by atoms with Crippen LogP contribution in [0.5, 0.6) is 0 Å². The molecule has 6 atom stereocenters. The van der Waals surface area contributed by atoms with Gasteiger partial charge in [-0.1, -0.05) is 12.8 Å². The maximum Gasteiger partial charge on any atom is 0.223 e. The van der Waals surface area contributed by atoms with E-state index in [4.69, 9.17) is 5.73 Å². The van der Waals surface area contributed by atoms with Gasteiger partial charge in [-0.3, -0.25) is 4.79 Å². The molecule has 3 heteroatoms. The first-order chi connectivity index (χ1) is 9.67. The lowest BCUT2D eigenvalue weighted by molar-refractivity contribution is -0.127. The minimum atomic E-state index is 0.221. The summed E-state index contributed by atoms with van der Waals surface area (Å²) in [6.45, 7) is 2.97. The van der Waals surface area contributed by atoms with E-state index in [1.807, 2.05) is 0 Å². The van der Waals surface area contributed by atoms with Crippen LogP contribution in [-0.2, 0) is 4.79 Å². The van der Waals surface area contributed by atoms with Gasteiger partial charge in [0.15, 0.2) is 0 Å². The van der Waals surface area contributed by atoms with Crippen molar-refractivity contribution in [3.05, 3.63) is 0 Å². The molecule has 3 nitrogen and oxygen atoms in total. The van der Waals surface area contributed by atoms with Crippen LogP contribution in [0.15, 0.2) is 0 Å². The van der Waals surface area contributed by atoms with Gasteiger partial charge in [-0.2, -0.15) is 0 Å². The van der Waals surface area contributed by atoms with E-state index in [0.717, 1.165) is 37.1 Å². The highest BCUT2D eigenvalue weighted by molar-refractivity contribution is 5.79. The Hall–Kier alpha value is -0.570. The van der Waals surface area contributed by atoms with Crippen LogP contribution in [0.1, 0.15) is 58.3 Å². The fourth-order valence-corrected chi connectivity index (χ4v) is 5.10. The van der Waals surface area contributed by atoms with Crippen LogP contribution >= 0.6 is 0 Å². The monoisotopic (exact) mass is 278 g/mol. The molecule has 0 aromatic carbocycles. The van der Waals surface area contributed by atoms with Crippen LogP contribution in [0.2, 0.25) is 0 Å². The predicted octanol–water partition coefficient (Wildman–Crippen LogP) is 2.69. The summed E-state index contributed by atoms with van der Waals surface area (Å²) in [5.74, 6) is 3.68. The molecule has 1 amide bonds. The molecule has 0 heterocycles. The van der Waals surface area contributed by atoms with Gasteiger partial charge in [-0.05, 0) is 75.7 Å².